The zero-order valence-corrected chi connectivity index (χ0v) is 10.4. The first-order valence-electron chi connectivity index (χ1n) is 5.95. The Balaban J connectivity index is 2.08. The number of hydrogen-bond acceptors (Lipinski definition) is 5. The van der Waals surface area contributed by atoms with Crippen molar-refractivity contribution < 1.29 is 9.66 Å². The summed E-state index contributed by atoms with van der Waals surface area (Å²) in [6.07, 6.45) is 1.99. The number of nitro groups is 1. The van der Waals surface area contributed by atoms with Crippen LogP contribution in [0.1, 0.15) is 12.2 Å². The number of benzene rings is 1. The van der Waals surface area contributed by atoms with Crippen LogP contribution in [-0.4, -0.2) is 26.8 Å². The maximum absolute atomic E-state index is 10.9. The minimum atomic E-state index is -0.461. The Bertz CT molecular complexity index is 650. The third-order valence-corrected chi connectivity index (χ3v) is 3.24. The Kier molecular flexibility index (Phi) is 2.66. The van der Waals surface area contributed by atoms with Crippen LogP contribution < -0.4 is 4.74 Å². The van der Waals surface area contributed by atoms with Gasteiger partial charge >= 0.3 is 5.69 Å². The fourth-order valence-electron chi connectivity index (χ4n) is 2.33. The SMILES string of the molecule is COc1cc(-c2nnc3n2CCC3)ccc1[N+](=O)[O-]. The molecule has 0 fully saturated rings. The minimum Gasteiger partial charge on any atom is -0.490 e. The van der Waals surface area contributed by atoms with Crippen molar-refractivity contribution in [2.75, 3.05) is 7.11 Å². The molecular formula is C12H12N4O3. The van der Waals surface area contributed by atoms with Gasteiger partial charge < -0.3 is 9.30 Å². The zero-order chi connectivity index (χ0) is 13.4. The molecule has 1 aromatic carbocycles. The molecular weight excluding hydrogens is 248 g/mol. The summed E-state index contributed by atoms with van der Waals surface area (Å²) in [6, 6.07) is 4.74. The first-order valence-corrected chi connectivity index (χ1v) is 5.95. The number of aromatic nitrogens is 3. The van der Waals surface area contributed by atoms with Gasteiger partial charge in [0.15, 0.2) is 11.6 Å². The molecule has 1 aromatic heterocycles. The van der Waals surface area contributed by atoms with Crippen molar-refractivity contribution in [3.63, 3.8) is 0 Å². The van der Waals surface area contributed by atoms with E-state index in [-0.39, 0.29) is 11.4 Å². The monoisotopic (exact) mass is 260 g/mol. The summed E-state index contributed by atoms with van der Waals surface area (Å²) in [4.78, 5) is 10.4. The predicted octanol–water partition coefficient (Wildman–Crippen LogP) is 1.81. The highest BCUT2D eigenvalue weighted by Gasteiger charge is 2.21. The molecule has 7 nitrogen and oxygen atoms in total. The third kappa shape index (κ3) is 1.83. The van der Waals surface area contributed by atoms with Crippen molar-refractivity contribution in [2.45, 2.75) is 19.4 Å². The van der Waals surface area contributed by atoms with Crippen molar-refractivity contribution in [1.29, 1.82) is 0 Å². The fourth-order valence-corrected chi connectivity index (χ4v) is 2.33. The molecule has 2 heterocycles. The number of nitro benzene ring substituents is 1. The van der Waals surface area contributed by atoms with E-state index in [1.807, 2.05) is 4.57 Å². The maximum atomic E-state index is 10.9. The molecule has 0 saturated heterocycles. The lowest BCUT2D eigenvalue weighted by molar-refractivity contribution is -0.385. The number of hydrogen-bond donors (Lipinski definition) is 0. The second-order valence-corrected chi connectivity index (χ2v) is 4.34. The summed E-state index contributed by atoms with van der Waals surface area (Å²) in [6.45, 7) is 0.886. The van der Waals surface area contributed by atoms with E-state index in [1.54, 1.807) is 12.1 Å². The van der Waals surface area contributed by atoms with Crippen molar-refractivity contribution in [2.24, 2.45) is 0 Å². The third-order valence-electron chi connectivity index (χ3n) is 3.24. The van der Waals surface area contributed by atoms with Crippen molar-refractivity contribution >= 4 is 5.69 Å². The molecule has 2 aromatic rings. The summed E-state index contributed by atoms with van der Waals surface area (Å²) in [5.41, 5.74) is 0.732. The number of methoxy groups -OCH3 is 1. The summed E-state index contributed by atoms with van der Waals surface area (Å²) in [7, 11) is 1.42. The van der Waals surface area contributed by atoms with Crippen LogP contribution in [0.2, 0.25) is 0 Å². The van der Waals surface area contributed by atoms with Crippen LogP contribution in [0.25, 0.3) is 11.4 Å². The van der Waals surface area contributed by atoms with Gasteiger partial charge in [0, 0.05) is 24.6 Å². The minimum absolute atomic E-state index is 0.0487. The fraction of sp³-hybridized carbons (Fsp3) is 0.333. The van der Waals surface area contributed by atoms with Gasteiger partial charge in [-0.05, 0) is 18.6 Å². The number of ether oxygens (including phenoxy) is 1. The first-order chi connectivity index (χ1) is 9.20. The molecule has 3 rings (SSSR count). The van der Waals surface area contributed by atoms with Gasteiger partial charge in [0.05, 0.1) is 12.0 Å². The second-order valence-electron chi connectivity index (χ2n) is 4.34. The van der Waals surface area contributed by atoms with Gasteiger partial charge in [-0.2, -0.15) is 0 Å². The Morgan fingerprint density at radius 2 is 2.26 bits per heavy atom. The number of rotatable bonds is 3. The van der Waals surface area contributed by atoms with E-state index >= 15 is 0 Å². The van der Waals surface area contributed by atoms with Gasteiger partial charge in [0.1, 0.15) is 5.82 Å². The topological polar surface area (TPSA) is 83.1 Å². The molecule has 0 aliphatic carbocycles. The quantitative estimate of drug-likeness (QED) is 0.620. The second kappa shape index (κ2) is 4.34. The molecule has 1 aliphatic rings. The lowest BCUT2D eigenvalue weighted by Gasteiger charge is -2.06. The Morgan fingerprint density at radius 1 is 1.42 bits per heavy atom. The van der Waals surface area contributed by atoms with Crippen molar-refractivity contribution in [1.82, 2.24) is 14.8 Å². The number of fused-ring (bicyclic) bond motifs is 1. The maximum Gasteiger partial charge on any atom is 0.310 e. The first kappa shape index (κ1) is 11.6. The van der Waals surface area contributed by atoms with E-state index in [9.17, 15) is 10.1 Å². The number of aryl methyl sites for hydroxylation is 1. The van der Waals surface area contributed by atoms with Crippen molar-refractivity contribution in [3.05, 3.63) is 34.1 Å². The van der Waals surface area contributed by atoms with Crippen LogP contribution in [0.15, 0.2) is 18.2 Å². The van der Waals surface area contributed by atoms with E-state index in [0.717, 1.165) is 36.6 Å². The zero-order valence-electron chi connectivity index (χ0n) is 10.4. The highest BCUT2D eigenvalue weighted by molar-refractivity contribution is 5.63. The van der Waals surface area contributed by atoms with Gasteiger partial charge in [0.25, 0.3) is 0 Å². The molecule has 7 heteroatoms. The molecule has 0 radical (unpaired) electrons. The molecule has 0 unspecified atom stereocenters. The van der Waals surface area contributed by atoms with Crippen LogP contribution in [0.5, 0.6) is 5.75 Å². The predicted molar refractivity (Wildman–Crippen MR) is 67.0 cm³/mol. The highest BCUT2D eigenvalue weighted by atomic mass is 16.6. The molecule has 0 amide bonds. The highest BCUT2D eigenvalue weighted by Crippen LogP contribution is 2.32. The average Bonchev–Trinajstić information content (AvgIpc) is 3.00. The van der Waals surface area contributed by atoms with E-state index < -0.39 is 4.92 Å². The molecule has 0 N–H and O–H groups in total. The average molecular weight is 260 g/mol. The van der Waals surface area contributed by atoms with E-state index in [0.29, 0.717) is 0 Å². The Hall–Kier alpha value is -2.44. The van der Waals surface area contributed by atoms with Gasteiger partial charge in [-0.1, -0.05) is 0 Å². The molecule has 0 spiro atoms. The molecule has 0 saturated carbocycles. The lowest BCUT2D eigenvalue weighted by atomic mass is 10.1. The summed E-state index contributed by atoms with van der Waals surface area (Å²) < 4.78 is 7.11. The van der Waals surface area contributed by atoms with E-state index in [2.05, 4.69) is 10.2 Å². The van der Waals surface area contributed by atoms with Crippen LogP contribution in [0.3, 0.4) is 0 Å². The van der Waals surface area contributed by atoms with Crippen LogP contribution in [0.4, 0.5) is 5.69 Å². The van der Waals surface area contributed by atoms with E-state index in [1.165, 1.54) is 13.2 Å². The standard InChI is InChI=1S/C12H12N4O3/c1-19-10-7-8(4-5-9(10)16(17)18)12-14-13-11-3-2-6-15(11)12/h4-5,7H,2-3,6H2,1H3. The largest absolute Gasteiger partial charge is 0.490 e. The summed E-state index contributed by atoms with van der Waals surface area (Å²) in [5.74, 6) is 1.94. The number of nitrogens with zero attached hydrogens (tertiary/aromatic N) is 4. The smallest absolute Gasteiger partial charge is 0.310 e. The van der Waals surface area contributed by atoms with Crippen molar-refractivity contribution in [3.8, 4) is 17.1 Å². The molecule has 98 valence electrons. The Morgan fingerprint density at radius 3 is 3.00 bits per heavy atom. The van der Waals surface area contributed by atoms with Crippen LogP contribution in [0, 0.1) is 10.1 Å². The molecule has 1 aliphatic heterocycles. The van der Waals surface area contributed by atoms with Gasteiger partial charge in [0.2, 0.25) is 0 Å². The summed E-state index contributed by atoms with van der Waals surface area (Å²) in [5, 5.41) is 19.1. The summed E-state index contributed by atoms with van der Waals surface area (Å²) >= 11 is 0. The van der Waals surface area contributed by atoms with Crippen LogP contribution >= 0.6 is 0 Å². The van der Waals surface area contributed by atoms with Gasteiger partial charge in [-0.25, -0.2) is 0 Å². The van der Waals surface area contributed by atoms with Crippen LogP contribution in [-0.2, 0) is 13.0 Å². The van der Waals surface area contributed by atoms with E-state index in [4.69, 9.17) is 4.74 Å². The molecule has 0 atom stereocenters. The molecule has 19 heavy (non-hydrogen) atoms. The molecule has 0 bridgehead atoms. The lowest BCUT2D eigenvalue weighted by Crippen LogP contribution is -1.98. The normalized spacial score (nSPS) is 13.3. The van der Waals surface area contributed by atoms with Gasteiger partial charge in [-0.15, -0.1) is 10.2 Å². The van der Waals surface area contributed by atoms with Gasteiger partial charge in [-0.3, -0.25) is 10.1 Å². The Labute approximate surface area is 109 Å².